The number of imidazole rings is 1. The molecule has 1 aromatic heterocycles. The zero-order valence-electron chi connectivity index (χ0n) is 11.6. The molecule has 0 spiro atoms. The zero-order chi connectivity index (χ0) is 15.4. The van der Waals surface area contributed by atoms with Gasteiger partial charge < -0.3 is 4.74 Å². The van der Waals surface area contributed by atoms with Gasteiger partial charge in [-0.2, -0.15) is 5.26 Å². The lowest BCUT2D eigenvalue weighted by Crippen LogP contribution is -2.27. The van der Waals surface area contributed by atoms with Crippen LogP contribution in [0.25, 0.3) is 11.0 Å². The van der Waals surface area contributed by atoms with E-state index in [2.05, 4.69) is 10.4 Å². The number of nitrogens with zero attached hydrogens (tertiary/aromatic N) is 3. The van der Waals surface area contributed by atoms with Crippen molar-refractivity contribution < 1.29 is 9.53 Å². The topological polar surface area (TPSA) is 79.9 Å². The van der Waals surface area contributed by atoms with Crippen LogP contribution >= 0.6 is 0 Å². The van der Waals surface area contributed by atoms with E-state index in [1.54, 1.807) is 24.3 Å². The molecule has 1 N–H and O–H groups in total. The second-order valence-corrected chi connectivity index (χ2v) is 4.53. The third-order valence-corrected chi connectivity index (χ3v) is 3.06. The van der Waals surface area contributed by atoms with E-state index < -0.39 is 0 Å². The summed E-state index contributed by atoms with van der Waals surface area (Å²) in [6.45, 7) is -0.189. The summed E-state index contributed by atoms with van der Waals surface area (Å²) in [6, 6.07) is 16.3. The van der Waals surface area contributed by atoms with Crippen molar-refractivity contribution in [2.75, 3.05) is 12.0 Å². The van der Waals surface area contributed by atoms with Crippen LogP contribution in [0.15, 0.2) is 54.9 Å². The summed E-state index contributed by atoms with van der Waals surface area (Å²) in [7, 11) is 0. The lowest BCUT2D eigenvalue weighted by atomic mass is 10.2. The number of para-hydroxylation sites is 3. The Morgan fingerprint density at radius 3 is 2.86 bits per heavy atom. The zero-order valence-corrected chi connectivity index (χ0v) is 11.6. The molecule has 2 aromatic carbocycles. The molecule has 0 atom stereocenters. The minimum absolute atomic E-state index is 0.189. The highest BCUT2D eigenvalue weighted by atomic mass is 16.5. The van der Waals surface area contributed by atoms with Crippen molar-refractivity contribution in [2.45, 2.75) is 0 Å². The average molecular weight is 292 g/mol. The van der Waals surface area contributed by atoms with Crippen molar-refractivity contribution in [1.82, 2.24) is 9.66 Å². The Bertz CT molecular complexity index is 864. The fourth-order valence-corrected chi connectivity index (χ4v) is 2.04. The van der Waals surface area contributed by atoms with Crippen molar-refractivity contribution in [3.63, 3.8) is 0 Å². The van der Waals surface area contributed by atoms with E-state index in [4.69, 9.17) is 10.00 Å². The Hall–Kier alpha value is -3.33. The third kappa shape index (κ3) is 2.74. The fraction of sp³-hybridized carbons (Fsp3) is 0.0625. The number of rotatable bonds is 4. The van der Waals surface area contributed by atoms with E-state index >= 15 is 0 Å². The number of carbonyl (C=O) groups is 1. The van der Waals surface area contributed by atoms with Crippen molar-refractivity contribution in [3.05, 3.63) is 60.4 Å². The first-order valence-corrected chi connectivity index (χ1v) is 6.62. The summed E-state index contributed by atoms with van der Waals surface area (Å²) < 4.78 is 6.92. The maximum atomic E-state index is 12.0. The molecule has 1 heterocycles. The van der Waals surface area contributed by atoms with E-state index in [9.17, 15) is 4.79 Å². The van der Waals surface area contributed by atoms with Gasteiger partial charge in [0, 0.05) is 0 Å². The number of benzene rings is 2. The van der Waals surface area contributed by atoms with Gasteiger partial charge >= 0.3 is 0 Å². The minimum Gasteiger partial charge on any atom is -0.482 e. The second kappa shape index (κ2) is 5.97. The molecule has 0 fully saturated rings. The Balaban J connectivity index is 1.67. The van der Waals surface area contributed by atoms with E-state index in [-0.39, 0.29) is 12.5 Å². The van der Waals surface area contributed by atoms with Gasteiger partial charge in [-0.25, -0.2) is 9.66 Å². The first-order chi connectivity index (χ1) is 10.8. The Labute approximate surface area is 126 Å². The van der Waals surface area contributed by atoms with E-state index in [1.165, 1.54) is 11.0 Å². The molecule has 0 unspecified atom stereocenters. The third-order valence-electron chi connectivity index (χ3n) is 3.06. The van der Waals surface area contributed by atoms with E-state index in [1.807, 2.05) is 30.3 Å². The number of ether oxygens (including phenoxy) is 1. The predicted octanol–water partition coefficient (Wildman–Crippen LogP) is 2.06. The Morgan fingerprint density at radius 2 is 2.00 bits per heavy atom. The van der Waals surface area contributed by atoms with Gasteiger partial charge in [0.25, 0.3) is 5.91 Å². The molecule has 3 aromatic rings. The number of hydrogen-bond donors (Lipinski definition) is 1. The van der Waals surface area contributed by atoms with Gasteiger partial charge in [0.1, 0.15) is 18.1 Å². The summed E-state index contributed by atoms with van der Waals surface area (Å²) in [5.74, 6) is 0.0477. The number of aromatic nitrogens is 2. The van der Waals surface area contributed by atoms with Crippen LogP contribution in [0.3, 0.4) is 0 Å². The maximum Gasteiger partial charge on any atom is 0.276 e. The number of nitrogens with one attached hydrogen (secondary N) is 1. The Kier molecular flexibility index (Phi) is 3.70. The molecule has 6 heteroatoms. The molecule has 0 bridgehead atoms. The molecule has 0 radical (unpaired) electrons. The average Bonchev–Trinajstić information content (AvgIpc) is 2.96. The molecular weight excluding hydrogens is 280 g/mol. The Morgan fingerprint density at radius 1 is 1.23 bits per heavy atom. The number of fused-ring (bicyclic) bond motifs is 1. The normalized spacial score (nSPS) is 10.1. The number of nitriles is 1. The van der Waals surface area contributed by atoms with Gasteiger partial charge in [-0.3, -0.25) is 10.2 Å². The smallest absolute Gasteiger partial charge is 0.276 e. The summed E-state index contributed by atoms with van der Waals surface area (Å²) in [4.78, 5) is 16.1. The van der Waals surface area contributed by atoms with Crippen molar-refractivity contribution in [2.24, 2.45) is 0 Å². The lowest BCUT2D eigenvalue weighted by Gasteiger charge is -2.09. The molecule has 22 heavy (non-hydrogen) atoms. The molecule has 6 nitrogen and oxygen atoms in total. The van der Waals surface area contributed by atoms with Gasteiger partial charge in [0.15, 0.2) is 6.61 Å². The van der Waals surface area contributed by atoms with Crippen LogP contribution in [0.4, 0.5) is 0 Å². The number of carbonyl (C=O) groups excluding carboxylic acids is 1. The maximum absolute atomic E-state index is 12.0. The fourth-order valence-electron chi connectivity index (χ4n) is 2.04. The van der Waals surface area contributed by atoms with Gasteiger partial charge in [0.2, 0.25) is 0 Å². The summed E-state index contributed by atoms with van der Waals surface area (Å²) in [6.07, 6.45) is 1.53. The molecule has 0 saturated carbocycles. The van der Waals surface area contributed by atoms with Crippen molar-refractivity contribution in [1.29, 1.82) is 5.26 Å². The number of hydrogen-bond acceptors (Lipinski definition) is 4. The van der Waals surface area contributed by atoms with Gasteiger partial charge in [-0.05, 0) is 24.3 Å². The minimum atomic E-state index is -0.337. The largest absolute Gasteiger partial charge is 0.482 e. The summed E-state index contributed by atoms with van der Waals surface area (Å²) >= 11 is 0. The first-order valence-electron chi connectivity index (χ1n) is 6.62. The van der Waals surface area contributed by atoms with E-state index in [0.717, 1.165) is 11.0 Å². The van der Waals surface area contributed by atoms with Crippen LogP contribution in [-0.4, -0.2) is 22.2 Å². The molecule has 108 valence electrons. The molecule has 0 aliphatic heterocycles. The predicted molar refractivity (Wildman–Crippen MR) is 80.8 cm³/mol. The standard InChI is InChI=1S/C16H12N4O2/c17-9-12-5-1-4-8-15(12)22-10-16(21)19-20-11-18-13-6-2-3-7-14(13)20/h1-8,11H,10H2,(H,19,21). The van der Waals surface area contributed by atoms with Crippen molar-refractivity contribution in [3.8, 4) is 11.8 Å². The first kappa shape index (κ1) is 13.6. The van der Waals surface area contributed by atoms with Gasteiger partial charge in [0.05, 0.1) is 16.6 Å². The van der Waals surface area contributed by atoms with Crippen molar-refractivity contribution >= 4 is 16.9 Å². The van der Waals surface area contributed by atoms with Gasteiger partial charge in [-0.15, -0.1) is 0 Å². The molecule has 3 rings (SSSR count). The second-order valence-electron chi connectivity index (χ2n) is 4.53. The van der Waals surface area contributed by atoms with Crippen LogP contribution in [0, 0.1) is 11.3 Å². The van der Waals surface area contributed by atoms with Crippen LogP contribution in [0.2, 0.25) is 0 Å². The highest BCUT2D eigenvalue weighted by molar-refractivity contribution is 5.87. The van der Waals surface area contributed by atoms with Crippen LogP contribution in [0.5, 0.6) is 5.75 Å². The quantitative estimate of drug-likeness (QED) is 0.798. The summed E-state index contributed by atoms with van der Waals surface area (Å²) in [5.41, 5.74) is 4.66. The highest BCUT2D eigenvalue weighted by Crippen LogP contribution is 2.16. The molecule has 0 saturated heterocycles. The summed E-state index contributed by atoms with van der Waals surface area (Å²) in [5, 5.41) is 8.97. The monoisotopic (exact) mass is 292 g/mol. The van der Waals surface area contributed by atoms with Crippen LogP contribution in [-0.2, 0) is 4.79 Å². The highest BCUT2D eigenvalue weighted by Gasteiger charge is 2.08. The molecule has 1 amide bonds. The van der Waals surface area contributed by atoms with Crippen LogP contribution in [0.1, 0.15) is 5.56 Å². The lowest BCUT2D eigenvalue weighted by molar-refractivity contribution is -0.119. The number of amides is 1. The molecule has 0 aliphatic carbocycles. The van der Waals surface area contributed by atoms with Crippen LogP contribution < -0.4 is 10.2 Å². The molecule has 0 aliphatic rings. The molecular formula is C16H12N4O2. The van der Waals surface area contributed by atoms with E-state index in [0.29, 0.717) is 11.3 Å². The van der Waals surface area contributed by atoms with Gasteiger partial charge in [-0.1, -0.05) is 24.3 Å². The SMILES string of the molecule is N#Cc1ccccc1OCC(=O)Nn1cnc2ccccc21.